The lowest BCUT2D eigenvalue weighted by molar-refractivity contribution is 0.581. The van der Waals surface area contributed by atoms with Gasteiger partial charge < -0.3 is 5.73 Å². The first kappa shape index (κ1) is 15.9. The van der Waals surface area contributed by atoms with Gasteiger partial charge in [0.2, 0.25) is 10.0 Å². The lowest BCUT2D eigenvalue weighted by atomic mass is 10.1. The van der Waals surface area contributed by atoms with Crippen LogP contribution in [0, 0.1) is 20.8 Å². The Morgan fingerprint density at radius 1 is 1.29 bits per heavy atom. The molecule has 0 atom stereocenters. The van der Waals surface area contributed by atoms with Crippen LogP contribution in [0.2, 0.25) is 0 Å². The molecule has 2 rings (SSSR count). The van der Waals surface area contributed by atoms with E-state index in [-0.39, 0.29) is 10.6 Å². The summed E-state index contributed by atoms with van der Waals surface area (Å²) in [5.41, 5.74) is 8.59. The average molecular weight is 325 g/mol. The fourth-order valence-corrected chi connectivity index (χ4v) is 4.18. The zero-order valence-electron chi connectivity index (χ0n) is 12.3. The Morgan fingerprint density at radius 2 is 2.00 bits per heavy atom. The minimum atomic E-state index is -3.61. The molecule has 114 valence electrons. The molecule has 0 bridgehead atoms. The molecule has 0 unspecified atom stereocenters. The predicted octanol–water partition coefficient (Wildman–Crippen LogP) is 2.17. The summed E-state index contributed by atoms with van der Waals surface area (Å²) in [4.78, 5) is 4.49. The third-order valence-electron chi connectivity index (χ3n) is 3.32. The van der Waals surface area contributed by atoms with E-state index in [1.165, 1.54) is 0 Å². The average Bonchev–Trinajstić information content (AvgIpc) is 2.80. The molecule has 0 spiro atoms. The summed E-state index contributed by atoms with van der Waals surface area (Å²) < 4.78 is 27.4. The smallest absolute Gasteiger partial charge is 0.242 e. The van der Waals surface area contributed by atoms with Crippen molar-refractivity contribution in [2.24, 2.45) is 0 Å². The molecular weight excluding hydrogens is 306 g/mol. The molecule has 0 saturated carbocycles. The van der Waals surface area contributed by atoms with Crippen molar-refractivity contribution in [1.82, 2.24) is 9.71 Å². The van der Waals surface area contributed by atoms with Crippen LogP contribution < -0.4 is 10.5 Å². The SMILES string of the molecule is Cc1nc(CCNS(=O)(=O)c2c(N)ccc(C)c2C)cs1. The van der Waals surface area contributed by atoms with Crippen molar-refractivity contribution in [2.45, 2.75) is 32.1 Å². The minimum absolute atomic E-state index is 0.178. The highest BCUT2D eigenvalue weighted by molar-refractivity contribution is 7.89. The van der Waals surface area contributed by atoms with Crippen LogP contribution in [0.25, 0.3) is 0 Å². The van der Waals surface area contributed by atoms with Crippen LogP contribution in [0.4, 0.5) is 5.69 Å². The van der Waals surface area contributed by atoms with E-state index in [2.05, 4.69) is 9.71 Å². The number of hydrogen-bond acceptors (Lipinski definition) is 5. The van der Waals surface area contributed by atoms with E-state index >= 15 is 0 Å². The number of thiazole rings is 1. The summed E-state index contributed by atoms with van der Waals surface area (Å²) >= 11 is 1.56. The zero-order valence-corrected chi connectivity index (χ0v) is 13.9. The van der Waals surface area contributed by atoms with Gasteiger partial charge in [0.05, 0.1) is 16.4 Å². The lowest BCUT2D eigenvalue weighted by Gasteiger charge is -2.13. The molecule has 0 fully saturated rings. The van der Waals surface area contributed by atoms with Crippen LogP contribution in [0.3, 0.4) is 0 Å². The topological polar surface area (TPSA) is 85.1 Å². The van der Waals surface area contributed by atoms with Gasteiger partial charge in [0.25, 0.3) is 0 Å². The van der Waals surface area contributed by atoms with Gasteiger partial charge >= 0.3 is 0 Å². The number of aromatic nitrogens is 1. The van der Waals surface area contributed by atoms with Crippen LogP contribution in [-0.4, -0.2) is 19.9 Å². The molecule has 5 nitrogen and oxygen atoms in total. The number of rotatable bonds is 5. The highest BCUT2D eigenvalue weighted by atomic mass is 32.2. The second kappa shape index (κ2) is 6.13. The van der Waals surface area contributed by atoms with Gasteiger partial charge in [-0.25, -0.2) is 18.1 Å². The van der Waals surface area contributed by atoms with Crippen molar-refractivity contribution in [3.63, 3.8) is 0 Å². The first-order chi connectivity index (χ1) is 9.81. The van der Waals surface area contributed by atoms with Crippen molar-refractivity contribution in [3.8, 4) is 0 Å². The predicted molar refractivity (Wildman–Crippen MR) is 86.1 cm³/mol. The lowest BCUT2D eigenvalue weighted by Crippen LogP contribution is -2.27. The van der Waals surface area contributed by atoms with Gasteiger partial charge in [0.1, 0.15) is 4.90 Å². The molecule has 0 saturated heterocycles. The first-order valence-corrected chi connectivity index (χ1v) is 8.94. The number of hydrogen-bond donors (Lipinski definition) is 2. The van der Waals surface area contributed by atoms with Crippen molar-refractivity contribution < 1.29 is 8.42 Å². The molecule has 1 aromatic heterocycles. The zero-order chi connectivity index (χ0) is 15.6. The maximum atomic E-state index is 12.4. The third-order valence-corrected chi connectivity index (χ3v) is 5.80. The van der Waals surface area contributed by atoms with Gasteiger partial charge in [-0.15, -0.1) is 11.3 Å². The Hall–Kier alpha value is -1.44. The molecule has 3 N–H and O–H groups in total. The van der Waals surface area contributed by atoms with E-state index in [0.717, 1.165) is 16.3 Å². The normalized spacial score (nSPS) is 11.8. The highest BCUT2D eigenvalue weighted by Gasteiger charge is 2.20. The van der Waals surface area contributed by atoms with E-state index in [1.54, 1.807) is 24.3 Å². The molecule has 2 aromatic rings. The second-order valence-electron chi connectivity index (χ2n) is 4.93. The Balaban J connectivity index is 2.14. The minimum Gasteiger partial charge on any atom is -0.398 e. The van der Waals surface area contributed by atoms with Crippen LogP contribution in [-0.2, 0) is 16.4 Å². The van der Waals surface area contributed by atoms with Gasteiger partial charge in [-0.3, -0.25) is 0 Å². The quantitative estimate of drug-likeness (QED) is 0.825. The van der Waals surface area contributed by atoms with E-state index in [1.807, 2.05) is 25.3 Å². The number of nitrogens with two attached hydrogens (primary N) is 1. The van der Waals surface area contributed by atoms with Crippen molar-refractivity contribution >= 4 is 27.0 Å². The first-order valence-electron chi connectivity index (χ1n) is 6.57. The van der Waals surface area contributed by atoms with E-state index in [4.69, 9.17) is 5.73 Å². The van der Waals surface area contributed by atoms with Gasteiger partial charge in [-0.05, 0) is 38.0 Å². The molecule has 0 aliphatic carbocycles. The maximum Gasteiger partial charge on any atom is 0.242 e. The molecule has 0 radical (unpaired) electrons. The van der Waals surface area contributed by atoms with Crippen LogP contribution >= 0.6 is 11.3 Å². The Bertz CT molecular complexity index is 752. The van der Waals surface area contributed by atoms with Crippen LogP contribution in [0.5, 0.6) is 0 Å². The van der Waals surface area contributed by atoms with Gasteiger partial charge in [0, 0.05) is 18.3 Å². The summed E-state index contributed by atoms with van der Waals surface area (Å²) in [6.45, 7) is 5.86. The molecule has 0 aliphatic rings. The van der Waals surface area contributed by atoms with Crippen molar-refractivity contribution in [3.05, 3.63) is 39.3 Å². The maximum absolute atomic E-state index is 12.4. The monoisotopic (exact) mass is 325 g/mol. The van der Waals surface area contributed by atoms with E-state index in [9.17, 15) is 8.42 Å². The number of nitrogens with zero attached hydrogens (tertiary/aromatic N) is 1. The summed E-state index contributed by atoms with van der Waals surface area (Å²) in [5.74, 6) is 0. The molecule has 21 heavy (non-hydrogen) atoms. The van der Waals surface area contributed by atoms with Gasteiger partial charge in [-0.1, -0.05) is 6.07 Å². The van der Waals surface area contributed by atoms with E-state index in [0.29, 0.717) is 18.5 Å². The van der Waals surface area contributed by atoms with Gasteiger partial charge in [0.15, 0.2) is 0 Å². The molecule has 7 heteroatoms. The highest BCUT2D eigenvalue weighted by Crippen LogP contribution is 2.25. The summed E-state index contributed by atoms with van der Waals surface area (Å²) in [7, 11) is -3.61. The summed E-state index contributed by atoms with van der Waals surface area (Å²) in [6, 6.07) is 3.45. The fourth-order valence-electron chi connectivity index (χ4n) is 2.08. The number of nitrogen functional groups attached to an aromatic ring is 1. The Morgan fingerprint density at radius 3 is 2.62 bits per heavy atom. The molecular formula is C14H19N3O2S2. The Labute approximate surface area is 129 Å². The molecule has 0 aliphatic heterocycles. The van der Waals surface area contributed by atoms with E-state index < -0.39 is 10.0 Å². The number of anilines is 1. The van der Waals surface area contributed by atoms with Gasteiger partial charge in [-0.2, -0.15) is 0 Å². The largest absolute Gasteiger partial charge is 0.398 e. The number of sulfonamides is 1. The van der Waals surface area contributed by atoms with Crippen molar-refractivity contribution in [1.29, 1.82) is 0 Å². The fraction of sp³-hybridized carbons (Fsp3) is 0.357. The number of aryl methyl sites for hydroxylation is 2. The Kier molecular flexibility index (Phi) is 4.65. The summed E-state index contributed by atoms with van der Waals surface area (Å²) in [5, 5.41) is 2.92. The second-order valence-corrected chi connectivity index (χ2v) is 7.70. The standard InChI is InChI=1S/C14H19N3O2S2/c1-9-4-5-13(15)14(10(9)2)21(18,19)16-7-6-12-8-20-11(3)17-12/h4-5,8,16H,6-7,15H2,1-3H3. The number of benzene rings is 1. The number of nitrogens with one attached hydrogen (secondary N) is 1. The molecule has 1 aromatic carbocycles. The van der Waals surface area contributed by atoms with Crippen molar-refractivity contribution in [2.75, 3.05) is 12.3 Å². The molecule has 0 amide bonds. The summed E-state index contributed by atoms with van der Waals surface area (Å²) in [6.07, 6.45) is 0.564. The van der Waals surface area contributed by atoms with Crippen LogP contribution in [0.1, 0.15) is 21.8 Å². The molecule has 1 heterocycles. The van der Waals surface area contributed by atoms with Crippen LogP contribution in [0.15, 0.2) is 22.4 Å². The third kappa shape index (κ3) is 3.61.